The maximum atomic E-state index is 15.0. The number of thioether (sulfide) groups is 2. The molecule has 45 N–H and O–H groups in total. The fraction of sp³-hybridized carbons (Fsp3) is 0.704. The van der Waals surface area contributed by atoms with E-state index in [4.69, 9.17) is 91.7 Å². The van der Waals surface area contributed by atoms with Gasteiger partial charge in [-0.3, -0.25) is 97.1 Å². The van der Waals surface area contributed by atoms with Crippen molar-refractivity contribution in [3.63, 3.8) is 0 Å². The highest BCUT2D eigenvalue weighted by atomic mass is 32.2. The summed E-state index contributed by atoms with van der Waals surface area (Å²) in [6.45, 7) is 1.15. The number of hydrogen-bond donors (Lipinski definition) is 30. The van der Waals surface area contributed by atoms with Gasteiger partial charge >= 0.3 is 6.03 Å². The van der Waals surface area contributed by atoms with Crippen molar-refractivity contribution in [3.8, 4) is 0 Å². The number of carbonyl (C=O) groups excluding carboxylic acids is 15. The van der Waals surface area contributed by atoms with Gasteiger partial charge in [0.1, 0.15) is 66.5 Å². The molecular formula is C71H133N35O15S3. The fourth-order valence-corrected chi connectivity index (χ4v) is 15.3. The second-order valence-electron chi connectivity index (χ2n) is 29.3. The highest BCUT2D eigenvalue weighted by Crippen LogP contribution is 2.33. The van der Waals surface area contributed by atoms with E-state index in [-0.39, 0.29) is 231 Å². The summed E-state index contributed by atoms with van der Waals surface area (Å²) < 4.78 is 0. The fourth-order valence-electron chi connectivity index (χ4n) is 12.6. The third-order valence-electron chi connectivity index (χ3n) is 18.9. The molecule has 15 amide bonds. The molecule has 2 heterocycles. The summed E-state index contributed by atoms with van der Waals surface area (Å²) in [5, 5.41) is 34.2. The predicted molar refractivity (Wildman–Crippen MR) is 475 cm³/mol. The predicted octanol–water partition coefficient (Wildman–Crippen LogP) is -11.4. The molecule has 0 aromatic rings. The molecule has 2 rings (SSSR count). The summed E-state index contributed by atoms with van der Waals surface area (Å²) in [6, 6.07) is -17.0. The zero-order valence-electron chi connectivity index (χ0n) is 70.1. The van der Waals surface area contributed by atoms with Gasteiger partial charge in [-0.2, -0.15) is 24.4 Å². The van der Waals surface area contributed by atoms with E-state index >= 15 is 0 Å². The van der Waals surface area contributed by atoms with Crippen LogP contribution in [0.5, 0.6) is 0 Å². The van der Waals surface area contributed by atoms with Gasteiger partial charge in [-0.25, -0.2) is 4.79 Å². The molecule has 14 atom stereocenters. The van der Waals surface area contributed by atoms with E-state index in [1.165, 1.54) is 6.92 Å². The number of nitrogens with zero attached hydrogens (tertiary/aromatic N) is 6. The molecule has 50 nitrogen and oxygen atoms in total. The van der Waals surface area contributed by atoms with Crippen LogP contribution in [0, 0.1) is 0 Å². The second-order valence-corrected chi connectivity index (χ2v) is 32.0. The van der Waals surface area contributed by atoms with Crippen LogP contribution >= 0.6 is 36.2 Å². The number of nitrogens with two attached hydrogens (primary N) is 16. The molecule has 2 fully saturated rings. The molecule has 2 saturated heterocycles. The number of urea groups is 1. The number of amides is 15. The smallest absolute Gasteiger partial charge is 0.315 e. The van der Waals surface area contributed by atoms with Crippen LogP contribution in [-0.4, -0.2) is 277 Å². The Morgan fingerprint density at radius 2 is 0.653 bits per heavy atom. The minimum Gasteiger partial charge on any atom is -0.370 e. The number of primary amides is 2. The Labute approximate surface area is 733 Å². The Balaban J connectivity index is 2.74. The Morgan fingerprint density at radius 3 is 0.935 bits per heavy atom. The highest BCUT2D eigenvalue weighted by Gasteiger charge is 2.43. The van der Waals surface area contributed by atoms with Crippen molar-refractivity contribution in [3.05, 3.63) is 0 Å². The van der Waals surface area contributed by atoms with Gasteiger partial charge in [-0.05, 0) is 148 Å². The van der Waals surface area contributed by atoms with Crippen molar-refractivity contribution in [1.82, 2.24) is 69.1 Å². The van der Waals surface area contributed by atoms with Gasteiger partial charge in [0, 0.05) is 81.5 Å². The Hall–Kier alpha value is -11.4. The molecule has 0 unspecified atom stereocenters. The minimum atomic E-state index is -1.79. The van der Waals surface area contributed by atoms with Crippen LogP contribution in [0.1, 0.15) is 161 Å². The maximum absolute atomic E-state index is 15.0. The lowest BCUT2D eigenvalue weighted by molar-refractivity contribution is -0.136. The summed E-state index contributed by atoms with van der Waals surface area (Å²) in [6.07, 6.45) is 0.848. The van der Waals surface area contributed by atoms with E-state index in [1.54, 1.807) is 11.8 Å². The van der Waals surface area contributed by atoms with E-state index < -0.39 is 156 Å². The van der Waals surface area contributed by atoms with Crippen molar-refractivity contribution in [2.75, 3.05) is 69.6 Å². The largest absolute Gasteiger partial charge is 0.370 e. The van der Waals surface area contributed by atoms with Crippen LogP contribution in [0.3, 0.4) is 0 Å². The van der Waals surface area contributed by atoms with Gasteiger partial charge in [-0.1, -0.05) is 18.2 Å². The van der Waals surface area contributed by atoms with Crippen LogP contribution < -0.4 is 161 Å². The molecule has 53 heteroatoms. The topological polar surface area (TPSA) is 903 Å². The Bertz CT molecular complexity index is 3670. The number of carbonyl (C=O) groups is 15. The number of thiol groups is 1. The number of nitrogens with one attached hydrogen (secondary N) is 13. The van der Waals surface area contributed by atoms with Crippen molar-refractivity contribution in [1.29, 1.82) is 0 Å². The molecule has 2 aliphatic rings. The van der Waals surface area contributed by atoms with Gasteiger partial charge in [0.15, 0.2) is 40.9 Å². The summed E-state index contributed by atoms with van der Waals surface area (Å²) in [7, 11) is 0. The van der Waals surface area contributed by atoms with E-state index in [0.717, 1.165) is 17.5 Å². The van der Waals surface area contributed by atoms with E-state index in [0.29, 0.717) is 38.5 Å². The average molecular weight is 1810 g/mol. The first kappa shape index (κ1) is 109. The highest BCUT2D eigenvalue weighted by molar-refractivity contribution is 8.13. The van der Waals surface area contributed by atoms with Gasteiger partial charge in [0.2, 0.25) is 76.8 Å². The monoisotopic (exact) mass is 1810 g/mol. The molecule has 2 aliphatic heterocycles. The number of aliphatic imine (C=N–C) groups is 6. The first-order valence-electron chi connectivity index (χ1n) is 40.9. The van der Waals surface area contributed by atoms with Gasteiger partial charge in [0.25, 0.3) is 0 Å². The number of unbranched alkanes of at least 4 members (excludes halogenated alkanes) is 3. The van der Waals surface area contributed by atoms with Crippen molar-refractivity contribution < 1.29 is 71.9 Å². The molecule has 124 heavy (non-hydrogen) atoms. The maximum Gasteiger partial charge on any atom is 0.315 e. The molecule has 0 radical (unpaired) electrons. The summed E-state index contributed by atoms with van der Waals surface area (Å²) >= 11 is 6.56. The van der Waals surface area contributed by atoms with Gasteiger partial charge < -0.3 is 161 Å². The second kappa shape index (κ2) is 61.0. The number of hydrogen-bond acceptors (Lipinski definition) is 26. The van der Waals surface area contributed by atoms with Crippen LogP contribution in [0.25, 0.3) is 0 Å². The summed E-state index contributed by atoms with van der Waals surface area (Å²) in [4.78, 5) is 233. The zero-order valence-corrected chi connectivity index (χ0v) is 72.7. The van der Waals surface area contributed by atoms with Crippen molar-refractivity contribution in [2.24, 2.45) is 122 Å². The first-order valence-corrected chi connectivity index (χ1v) is 43.5. The summed E-state index contributed by atoms with van der Waals surface area (Å²) in [5.41, 5.74) is 90.0. The lowest BCUT2D eigenvalue weighted by Crippen LogP contribution is -2.61. The van der Waals surface area contributed by atoms with E-state index in [9.17, 15) is 71.9 Å². The van der Waals surface area contributed by atoms with Crippen LogP contribution in [0.4, 0.5) is 4.79 Å². The van der Waals surface area contributed by atoms with E-state index in [2.05, 4.69) is 112 Å². The van der Waals surface area contributed by atoms with Crippen molar-refractivity contribution >= 4 is 160 Å². The zero-order chi connectivity index (χ0) is 92.8. The summed E-state index contributed by atoms with van der Waals surface area (Å²) in [5.74, 6) is -14.0. The Kier molecular flexibility index (Phi) is 53.5. The third-order valence-corrected chi connectivity index (χ3v) is 21.8. The lowest BCUT2D eigenvalue weighted by atomic mass is 10.0. The molecule has 0 bridgehead atoms. The van der Waals surface area contributed by atoms with E-state index in [1.807, 2.05) is 0 Å². The SMILES string of the molecule is CC(=O)N[C@@H](CCCN=C(N)N)C(=O)N[C@@H](CCCCN)C(=O)N[C@@H](CCCCN)C(=O)N[C@@H](CCCN=C(N)N)C(=O)N[C@@H](CCCN=C(N)N)C(=O)N[C@@H](CCC(N)=O)C(=O)N[C@@H](CCCN=C(N)N)C(=O)N[C@@H](CCCN=C(N)N)C(=O)N[C@@H](CCCN=C(N)N)C(=O)N[C@@H](CSC(=O)CCCC[C@@H]1SC[C@@H]2NC(=O)N[C@@H]21)C(=O)N[C@@H](CS)C(N)=O. The van der Waals surface area contributed by atoms with Crippen LogP contribution in [-0.2, 0) is 67.1 Å². The van der Waals surface area contributed by atoms with Crippen LogP contribution in [0.2, 0.25) is 0 Å². The normalized spacial score (nSPS) is 16.3. The molecule has 700 valence electrons. The Morgan fingerprint density at radius 1 is 0.371 bits per heavy atom. The van der Waals surface area contributed by atoms with Gasteiger partial charge in [0.05, 0.1) is 12.1 Å². The first-order chi connectivity index (χ1) is 58.8. The number of guanidine groups is 6. The molecule has 0 aromatic heterocycles. The van der Waals surface area contributed by atoms with Gasteiger partial charge in [-0.15, -0.1) is 0 Å². The number of rotatable bonds is 65. The quantitative estimate of drug-likeness (QED) is 0.00884. The van der Waals surface area contributed by atoms with Crippen LogP contribution in [0.15, 0.2) is 30.0 Å². The minimum absolute atomic E-state index is 0.00195. The molecule has 0 aliphatic carbocycles. The molecule has 0 saturated carbocycles. The molecule has 0 spiro atoms. The standard InChI is InChI=1S/C71H133N35O15S3/c1-37(107)94-38(16-8-28-88-65(76)77)55(111)95-39(14-4-6-26-72)56(112)96-40(15-5-7-27-73)57(113)97-41(17-9-29-89-66(78)79)58(114)99-44(20-12-32-92-69(84)85)61(117)102-46(24-25-51(74)108)63(119)101-43(19-11-31-91-68(82)83)60(116)98-42(18-10-30-90-67(80)81)59(115)100-45(21-13-33-93-70(86)87)62(118)104-49(64(120)103-47(34-122)54(75)110)36-124-52(109)23-3-2-22-50-53-48(35-123-50)105-71(121)106-53/h38-50,53,122H,2-36,72-73H2,1H3,(H2,74,108)(H2,75,110)(H,94,107)(H,95,111)(H,96,112)(H,97,113)(H,98,116)(H,99,114)(H,100,115)(H,101,119)(H,102,117)(H,103,120)(H,104,118)(H4,76,77,88)(H4,78,79,89)(H4,80,81,90)(H4,82,83,91)(H4,84,85,92)(H4,86,87,93)(H2,105,106,121)/t38-,39-,40-,41-,42-,43-,44-,45-,46-,47-,48-,49-,50-,53-/m0/s1. The average Bonchev–Trinajstić information content (AvgIpc) is 1.66. The lowest BCUT2D eigenvalue weighted by Gasteiger charge is -2.28. The number of fused-ring (bicyclic) bond motifs is 1. The van der Waals surface area contributed by atoms with Crippen molar-refractivity contribution in [2.45, 2.75) is 245 Å². The third kappa shape index (κ3) is 46.8. The molecule has 0 aromatic carbocycles. The molecular weight excluding hydrogens is 1680 g/mol.